The largest absolute Gasteiger partial charge is 0.445 e. The highest BCUT2D eigenvalue weighted by atomic mass is 16.6. The first kappa shape index (κ1) is 30.8. The molecule has 3 aliphatic heterocycles. The lowest BCUT2D eigenvalue weighted by atomic mass is 9.96. The maximum absolute atomic E-state index is 14.3. The van der Waals surface area contributed by atoms with E-state index in [0.717, 1.165) is 16.3 Å². The molecule has 12 heteroatoms. The summed E-state index contributed by atoms with van der Waals surface area (Å²) in [5, 5.41) is 17.2. The Morgan fingerprint density at radius 1 is 0.891 bits per heavy atom. The fourth-order valence-corrected chi connectivity index (χ4v) is 6.15. The molecule has 6 rings (SSSR count). The summed E-state index contributed by atoms with van der Waals surface area (Å²) in [6.45, 7) is -0.0889. The minimum Gasteiger partial charge on any atom is -0.445 e. The van der Waals surface area contributed by atoms with Crippen molar-refractivity contribution < 1.29 is 38.6 Å². The van der Waals surface area contributed by atoms with Crippen LogP contribution in [-0.4, -0.2) is 88.2 Å². The van der Waals surface area contributed by atoms with Gasteiger partial charge in [-0.2, -0.15) is 0 Å². The van der Waals surface area contributed by atoms with Gasteiger partial charge in [-0.05, 0) is 35.2 Å². The van der Waals surface area contributed by atoms with E-state index in [1.165, 1.54) is 9.80 Å². The number of benzene rings is 3. The van der Waals surface area contributed by atoms with Gasteiger partial charge in [0.1, 0.15) is 24.7 Å². The van der Waals surface area contributed by atoms with Crippen LogP contribution in [-0.2, 0) is 30.5 Å². The standard InChI is InChI=1S/C34H34N4O8/c39-29-17-27(33(43)46-29)36-31(41)28-19-37(34(44)45-20-21-9-2-1-3-10-21)18-23-13-5-7-16-26(32(42)38(23)28)35-30(40)25-15-8-12-22-11-4-6-14-24(22)25/h1-12,14-15,23,26-28,33,43H,13,16-20H2,(H,35,40)(H,36,41)/b7-5-/t23-,26-,27?,28-,33?/m0/s1. The second-order valence-electron chi connectivity index (χ2n) is 11.6. The van der Waals surface area contributed by atoms with Gasteiger partial charge in [0.2, 0.25) is 18.1 Å². The molecule has 46 heavy (non-hydrogen) atoms. The first-order valence-corrected chi connectivity index (χ1v) is 15.2. The monoisotopic (exact) mass is 626 g/mol. The number of carbonyl (C=O) groups is 5. The average Bonchev–Trinajstić information content (AvgIpc) is 3.38. The molecule has 2 fully saturated rings. The van der Waals surface area contributed by atoms with E-state index in [1.807, 2.05) is 72.8 Å². The quantitative estimate of drug-likeness (QED) is 0.278. The van der Waals surface area contributed by atoms with Crippen LogP contribution in [0.25, 0.3) is 10.8 Å². The molecule has 0 aliphatic carbocycles. The maximum atomic E-state index is 14.3. The van der Waals surface area contributed by atoms with Gasteiger partial charge >= 0.3 is 12.1 Å². The minimum absolute atomic E-state index is 0.0240. The Morgan fingerprint density at radius 2 is 1.63 bits per heavy atom. The summed E-state index contributed by atoms with van der Waals surface area (Å²) in [5.74, 6) is -2.27. The number of esters is 1. The van der Waals surface area contributed by atoms with Crippen molar-refractivity contribution in [3.05, 3.63) is 96.1 Å². The smallest absolute Gasteiger partial charge is 0.410 e. The van der Waals surface area contributed by atoms with Gasteiger partial charge in [0, 0.05) is 12.1 Å². The fraction of sp³-hybridized carbons (Fsp3) is 0.324. The number of cyclic esters (lactones) is 1. The van der Waals surface area contributed by atoms with E-state index in [9.17, 15) is 29.1 Å². The Bertz CT molecular complexity index is 1670. The number of aliphatic hydroxyl groups excluding tert-OH is 1. The molecule has 3 heterocycles. The summed E-state index contributed by atoms with van der Waals surface area (Å²) < 4.78 is 10.3. The van der Waals surface area contributed by atoms with Crippen LogP contribution < -0.4 is 10.6 Å². The molecule has 0 saturated carbocycles. The summed E-state index contributed by atoms with van der Waals surface area (Å²) in [6, 6.07) is 18.1. The summed E-state index contributed by atoms with van der Waals surface area (Å²) in [5.41, 5.74) is 1.20. The number of ether oxygens (including phenoxy) is 2. The SMILES string of the molecule is O=C1CC(NC(=O)[C@@H]2CN(C(=O)OCc3ccccc3)C[C@@H]3C/C=C\C[C@H](NC(=O)c4cccc5ccccc45)C(=O)N32)C(O)O1. The van der Waals surface area contributed by atoms with Gasteiger partial charge in [-0.25, -0.2) is 4.79 Å². The van der Waals surface area contributed by atoms with E-state index in [2.05, 4.69) is 10.6 Å². The van der Waals surface area contributed by atoms with Crippen LogP contribution in [0, 0.1) is 0 Å². The van der Waals surface area contributed by atoms with Gasteiger partial charge in [0.25, 0.3) is 5.91 Å². The van der Waals surface area contributed by atoms with Crippen LogP contribution in [0.5, 0.6) is 0 Å². The predicted octanol–water partition coefficient (Wildman–Crippen LogP) is 2.26. The van der Waals surface area contributed by atoms with Crippen molar-refractivity contribution in [1.29, 1.82) is 0 Å². The van der Waals surface area contributed by atoms with Gasteiger partial charge in [-0.15, -0.1) is 0 Å². The lowest BCUT2D eigenvalue weighted by molar-refractivity contribution is -0.156. The Labute approximate surface area is 264 Å². The first-order valence-electron chi connectivity index (χ1n) is 15.2. The number of amides is 4. The van der Waals surface area contributed by atoms with E-state index in [-0.39, 0.29) is 32.5 Å². The molecule has 2 unspecified atom stereocenters. The topological polar surface area (TPSA) is 155 Å². The zero-order valence-corrected chi connectivity index (χ0v) is 24.9. The maximum Gasteiger partial charge on any atom is 0.410 e. The van der Waals surface area contributed by atoms with Crippen LogP contribution in [0.15, 0.2) is 84.9 Å². The molecule has 3 aliphatic rings. The van der Waals surface area contributed by atoms with Crippen molar-refractivity contribution in [2.75, 3.05) is 13.1 Å². The van der Waals surface area contributed by atoms with Gasteiger partial charge in [0.05, 0.1) is 19.0 Å². The number of rotatable bonds is 6. The molecule has 5 atom stereocenters. The van der Waals surface area contributed by atoms with Crippen molar-refractivity contribution in [2.24, 2.45) is 0 Å². The molecule has 12 nitrogen and oxygen atoms in total. The van der Waals surface area contributed by atoms with Crippen molar-refractivity contribution in [1.82, 2.24) is 20.4 Å². The van der Waals surface area contributed by atoms with Crippen molar-refractivity contribution in [3.63, 3.8) is 0 Å². The third-order valence-corrected chi connectivity index (χ3v) is 8.47. The molecule has 0 spiro atoms. The molecule has 0 bridgehead atoms. The number of carbonyl (C=O) groups excluding carboxylic acids is 5. The van der Waals surface area contributed by atoms with Gasteiger partial charge in [0.15, 0.2) is 0 Å². The molecule has 3 aromatic rings. The fourth-order valence-electron chi connectivity index (χ4n) is 6.15. The summed E-state index contributed by atoms with van der Waals surface area (Å²) >= 11 is 0. The summed E-state index contributed by atoms with van der Waals surface area (Å²) in [4.78, 5) is 69.4. The van der Waals surface area contributed by atoms with Crippen LogP contribution in [0.1, 0.15) is 35.2 Å². The third-order valence-electron chi connectivity index (χ3n) is 8.47. The third kappa shape index (κ3) is 6.57. The highest BCUT2D eigenvalue weighted by molar-refractivity contribution is 6.08. The second-order valence-corrected chi connectivity index (χ2v) is 11.6. The molecule has 2 saturated heterocycles. The van der Waals surface area contributed by atoms with Crippen LogP contribution >= 0.6 is 0 Å². The van der Waals surface area contributed by atoms with E-state index < -0.39 is 60.2 Å². The number of piperazine rings is 1. The first-order chi connectivity index (χ1) is 22.3. The molecular formula is C34H34N4O8. The average molecular weight is 627 g/mol. The Morgan fingerprint density at radius 3 is 2.41 bits per heavy atom. The van der Waals surface area contributed by atoms with E-state index in [1.54, 1.807) is 12.1 Å². The highest BCUT2D eigenvalue weighted by Gasteiger charge is 2.46. The number of nitrogens with one attached hydrogen (secondary N) is 2. The Kier molecular flexibility index (Phi) is 8.97. The number of fused-ring (bicyclic) bond motifs is 2. The molecular weight excluding hydrogens is 592 g/mol. The van der Waals surface area contributed by atoms with Crippen molar-refractivity contribution >= 4 is 40.6 Å². The number of nitrogens with zero attached hydrogens (tertiary/aromatic N) is 2. The molecule has 3 aromatic carbocycles. The van der Waals surface area contributed by atoms with Crippen molar-refractivity contribution in [2.45, 2.75) is 56.3 Å². The number of hydrogen-bond acceptors (Lipinski definition) is 8. The van der Waals surface area contributed by atoms with Crippen molar-refractivity contribution in [3.8, 4) is 0 Å². The number of hydrogen-bond donors (Lipinski definition) is 3. The lowest BCUT2D eigenvalue weighted by Gasteiger charge is -2.47. The normalized spacial score (nSPS) is 25.1. The van der Waals surface area contributed by atoms with Gasteiger partial charge in [-0.3, -0.25) is 19.2 Å². The van der Waals surface area contributed by atoms with Crippen LogP contribution in [0.3, 0.4) is 0 Å². The molecule has 4 amide bonds. The second kappa shape index (κ2) is 13.4. The van der Waals surface area contributed by atoms with E-state index in [4.69, 9.17) is 9.47 Å². The van der Waals surface area contributed by atoms with Gasteiger partial charge in [-0.1, -0.05) is 78.9 Å². The van der Waals surface area contributed by atoms with Crippen LogP contribution in [0.2, 0.25) is 0 Å². The van der Waals surface area contributed by atoms with Crippen LogP contribution in [0.4, 0.5) is 4.79 Å². The summed E-state index contributed by atoms with van der Waals surface area (Å²) in [6.07, 6.45) is 1.77. The zero-order chi connectivity index (χ0) is 32.2. The zero-order valence-electron chi connectivity index (χ0n) is 24.9. The lowest BCUT2D eigenvalue weighted by Crippen LogP contribution is -2.68. The Balaban J connectivity index is 1.25. The summed E-state index contributed by atoms with van der Waals surface area (Å²) in [7, 11) is 0. The molecule has 3 N–H and O–H groups in total. The molecule has 0 aromatic heterocycles. The minimum atomic E-state index is -1.54. The predicted molar refractivity (Wildman–Crippen MR) is 165 cm³/mol. The molecule has 238 valence electrons. The van der Waals surface area contributed by atoms with Gasteiger partial charge < -0.3 is 35.0 Å². The van der Waals surface area contributed by atoms with E-state index in [0.29, 0.717) is 12.0 Å². The molecule has 0 radical (unpaired) electrons. The Hall–Kier alpha value is -5.23. The van der Waals surface area contributed by atoms with E-state index >= 15 is 0 Å². The highest BCUT2D eigenvalue weighted by Crippen LogP contribution is 2.26. The number of aliphatic hydroxyl groups is 1.